The van der Waals surface area contributed by atoms with E-state index in [1.807, 2.05) is 31.2 Å². The normalized spacial score (nSPS) is 26.0. The summed E-state index contributed by atoms with van der Waals surface area (Å²) in [6.45, 7) is 6.69. The number of hydrogen-bond donors (Lipinski definition) is 1. The number of Topliss-reactive ketones (excluding diaryl/α,β-unsaturated/α-hetero) is 1. The minimum atomic E-state index is -0.865. The molecule has 1 saturated carbocycles. The molecule has 1 aliphatic carbocycles. The Morgan fingerprint density at radius 3 is 2.46 bits per heavy atom. The van der Waals surface area contributed by atoms with Crippen molar-refractivity contribution in [2.75, 3.05) is 14.2 Å². The molecule has 1 aliphatic rings. The van der Waals surface area contributed by atoms with E-state index in [4.69, 9.17) is 14.2 Å². The lowest BCUT2D eigenvalue weighted by Gasteiger charge is -2.39. The number of carbonyl (C=O) groups excluding carboxylic acids is 1. The highest BCUT2D eigenvalue weighted by molar-refractivity contribution is 5.86. The number of ketones is 1. The molecule has 0 spiro atoms. The van der Waals surface area contributed by atoms with E-state index in [-0.39, 0.29) is 18.1 Å². The summed E-state index contributed by atoms with van der Waals surface area (Å²) in [6.07, 6.45) is 2.32. The standard InChI is InChI=1S/C23H34O5/c1-15(2)7-6-8-16(3)21-19(24)13-20(25)22(23(21)27-5)28-14-17-9-11-18(26-4)12-10-17/h8-12,15,20-23,25H,6-7,13-14H2,1-5H3/t20-,21+,22+,23-/m0/s1. The van der Waals surface area contributed by atoms with Crippen LogP contribution in [0.25, 0.3) is 0 Å². The molecule has 4 atom stereocenters. The van der Waals surface area contributed by atoms with Gasteiger partial charge in [-0.3, -0.25) is 4.79 Å². The predicted molar refractivity (Wildman–Crippen MR) is 109 cm³/mol. The molecule has 28 heavy (non-hydrogen) atoms. The van der Waals surface area contributed by atoms with Crippen LogP contribution in [-0.2, 0) is 20.9 Å². The molecule has 1 aromatic rings. The summed E-state index contributed by atoms with van der Waals surface area (Å²) < 4.78 is 16.9. The molecule has 0 bridgehead atoms. The van der Waals surface area contributed by atoms with Crippen molar-refractivity contribution in [3.63, 3.8) is 0 Å². The number of rotatable bonds is 9. The molecule has 0 radical (unpaired) electrons. The van der Waals surface area contributed by atoms with Gasteiger partial charge in [-0.2, -0.15) is 0 Å². The highest BCUT2D eigenvalue weighted by atomic mass is 16.5. The molecule has 0 aliphatic heterocycles. The molecular formula is C23H34O5. The Bertz CT molecular complexity index is 649. The number of aliphatic hydroxyl groups excluding tert-OH is 1. The van der Waals surface area contributed by atoms with E-state index in [1.165, 1.54) is 0 Å². The topological polar surface area (TPSA) is 65.0 Å². The minimum Gasteiger partial charge on any atom is -0.497 e. The Kier molecular flexibility index (Phi) is 8.67. The molecule has 0 aromatic heterocycles. The van der Waals surface area contributed by atoms with E-state index in [9.17, 15) is 9.90 Å². The molecule has 1 fully saturated rings. The maximum absolute atomic E-state index is 12.7. The third kappa shape index (κ3) is 5.90. The van der Waals surface area contributed by atoms with Crippen LogP contribution in [0.3, 0.4) is 0 Å². The van der Waals surface area contributed by atoms with Crippen molar-refractivity contribution in [1.82, 2.24) is 0 Å². The highest BCUT2D eigenvalue weighted by Crippen LogP contribution is 2.32. The van der Waals surface area contributed by atoms with Crippen LogP contribution in [0.5, 0.6) is 5.75 Å². The Morgan fingerprint density at radius 1 is 1.21 bits per heavy atom. The maximum Gasteiger partial charge on any atom is 0.145 e. The van der Waals surface area contributed by atoms with Gasteiger partial charge in [-0.25, -0.2) is 0 Å². The lowest BCUT2D eigenvalue weighted by molar-refractivity contribution is -0.165. The first-order valence-electron chi connectivity index (χ1n) is 10.0. The van der Waals surface area contributed by atoms with Gasteiger partial charge in [-0.05, 0) is 43.4 Å². The molecule has 2 rings (SSSR count). The van der Waals surface area contributed by atoms with E-state index in [0.29, 0.717) is 12.5 Å². The van der Waals surface area contributed by atoms with Crippen LogP contribution in [0.4, 0.5) is 0 Å². The van der Waals surface area contributed by atoms with Crippen LogP contribution in [0.1, 0.15) is 45.6 Å². The fourth-order valence-corrected chi connectivity index (χ4v) is 3.72. The second-order valence-electron chi connectivity index (χ2n) is 7.96. The summed E-state index contributed by atoms with van der Waals surface area (Å²) in [5.41, 5.74) is 1.97. The van der Waals surface area contributed by atoms with Crippen molar-refractivity contribution in [1.29, 1.82) is 0 Å². The molecule has 5 heteroatoms. The second-order valence-corrected chi connectivity index (χ2v) is 7.96. The van der Waals surface area contributed by atoms with Crippen molar-refractivity contribution < 1.29 is 24.1 Å². The first-order chi connectivity index (χ1) is 13.4. The number of allylic oxidation sites excluding steroid dienone is 1. The minimum absolute atomic E-state index is 0.0157. The summed E-state index contributed by atoms with van der Waals surface area (Å²) >= 11 is 0. The van der Waals surface area contributed by atoms with Gasteiger partial charge in [0.1, 0.15) is 17.6 Å². The van der Waals surface area contributed by atoms with Crippen molar-refractivity contribution >= 4 is 5.78 Å². The molecule has 0 amide bonds. The lowest BCUT2D eigenvalue weighted by Crippen LogP contribution is -2.53. The molecular weight excluding hydrogens is 356 g/mol. The van der Waals surface area contributed by atoms with E-state index < -0.39 is 18.3 Å². The first-order valence-corrected chi connectivity index (χ1v) is 10.0. The summed E-state index contributed by atoms with van der Waals surface area (Å²) in [5.74, 6) is 1.04. The molecule has 5 nitrogen and oxygen atoms in total. The SMILES string of the molecule is COc1ccc(CO[C@H]2[C@@H](OC)[C@H](C(C)=CCCC(C)C)C(=O)C[C@@H]2O)cc1. The van der Waals surface area contributed by atoms with E-state index >= 15 is 0 Å². The summed E-state index contributed by atoms with van der Waals surface area (Å²) in [5, 5.41) is 10.5. The third-order valence-electron chi connectivity index (χ3n) is 5.36. The Labute approximate surface area is 168 Å². The third-order valence-corrected chi connectivity index (χ3v) is 5.36. The zero-order chi connectivity index (χ0) is 20.7. The summed E-state index contributed by atoms with van der Waals surface area (Å²) in [7, 11) is 3.20. The molecule has 1 N–H and O–H groups in total. The number of carbonyl (C=O) groups is 1. The fourth-order valence-electron chi connectivity index (χ4n) is 3.72. The van der Waals surface area contributed by atoms with Crippen LogP contribution in [0.2, 0.25) is 0 Å². The van der Waals surface area contributed by atoms with E-state index in [0.717, 1.165) is 29.7 Å². The van der Waals surface area contributed by atoms with Gasteiger partial charge >= 0.3 is 0 Å². The number of methoxy groups -OCH3 is 2. The average molecular weight is 391 g/mol. The van der Waals surface area contributed by atoms with Crippen molar-refractivity contribution in [3.05, 3.63) is 41.5 Å². The van der Waals surface area contributed by atoms with Crippen LogP contribution in [-0.4, -0.2) is 43.4 Å². The van der Waals surface area contributed by atoms with Crippen molar-refractivity contribution in [2.45, 2.75) is 65.0 Å². The molecule has 156 valence electrons. The zero-order valence-corrected chi connectivity index (χ0v) is 17.7. The fraction of sp³-hybridized carbons (Fsp3) is 0.609. The van der Waals surface area contributed by atoms with E-state index in [2.05, 4.69) is 19.9 Å². The molecule has 1 aromatic carbocycles. The quantitative estimate of drug-likeness (QED) is 0.647. The summed E-state index contributed by atoms with van der Waals surface area (Å²) in [6, 6.07) is 7.60. The van der Waals surface area contributed by atoms with Gasteiger partial charge in [-0.1, -0.05) is 37.6 Å². The summed E-state index contributed by atoms with van der Waals surface area (Å²) in [4.78, 5) is 12.7. The Morgan fingerprint density at radius 2 is 1.89 bits per heavy atom. The smallest absolute Gasteiger partial charge is 0.145 e. The molecule has 0 unspecified atom stereocenters. The monoisotopic (exact) mass is 390 g/mol. The van der Waals surface area contributed by atoms with E-state index in [1.54, 1.807) is 14.2 Å². The van der Waals surface area contributed by atoms with Crippen molar-refractivity contribution in [3.8, 4) is 5.75 Å². The highest BCUT2D eigenvalue weighted by Gasteiger charge is 2.45. The second kappa shape index (κ2) is 10.7. The van der Waals surface area contributed by atoms with Gasteiger partial charge in [0.2, 0.25) is 0 Å². The van der Waals surface area contributed by atoms with Gasteiger partial charge in [0.25, 0.3) is 0 Å². The number of ether oxygens (including phenoxy) is 3. The number of aliphatic hydroxyl groups is 1. The van der Waals surface area contributed by atoms with Crippen LogP contribution in [0.15, 0.2) is 35.9 Å². The first kappa shape index (κ1) is 22.6. The zero-order valence-electron chi connectivity index (χ0n) is 17.7. The van der Waals surface area contributed by atoms with Gasteiger partial charge in [0.15, 0.2) is 0 Å². The van der Waals surface area contributed by atoms with Gasteiger partial charge < -0.3 is 19.3 Å². The van der Waals surface area contributed by atoms with Crippen LogP contribution >= 0.6 is 0 Å². The Balaban J connectivity index is 2.10. The lowest BCUT2D eigenvalue weighted by atomic mass is 9.77. The average Bonchev–Trinajstić information content (AvgIpc) is 2.66. The Hall–Kier alpha value is -1.69. The van der Waals surface area contributed by atoms with Gasteiger partial charge in [-0.15, -0.1) is 0 Å². The van der Waals surface area contributed by atoms with Crippen LogP contribution in [0, 0.1) is 11.8 Å². The largest absolute Gasteiger partial charge is 0.497 e. The van der Waals surface area contributed by atoms with Crippen molar-refractivity contribution in [2.24, 2.45) is 11.8 Å². The van der Waals surface area contributed by atoms with Gasteiger partial charge in [0.05, 0.1) is 31.8 Å². The maximum atomic E-state index is 12.7. The predicted octanol–water partition coefficient (Wildman–Crippen LogP) is 3.93. The van der Waals surface area contributed by atoms with Gasteiger partial charge in [0, 0.05) is 13.5 Å². The molecule has 0 heterocycles. The number of hydrogen-bond acceptors (Lipinski definition) is 5. The molecule has 0 saturated heterocycles. The number of benzene rings is 1. The van der Waals surface area contributed by atoms with Crippen LogP contribution < -0.4 is 4.74 Å².